The smallest absolute Gasteiger partial charge is 0.241 e. The number of benzene rings is 1. The number of hydrogen-bond donors (Lipinski definition) is 2. The van der Waals surface area contributed by atoms with Crippen LogP contribution in [0.2, 0.25) is 0 Å². The van der Waals surface area contributed by atoms with Gasteiger partial charge in [-0.15, -0.1) is 10.2 Å². The van der Waals surface area contributed by atoms with Crippen LogP contribution in [0.3, 0.4) is 0 Å². The zero-order valence-corrected chi connectivity index (χ0v) is 16.4. The molecule has 0 aliphatic rings. The van der Waals surface area contributed by atoms with E-state index in [1.54, 1.807) is 25.9 Å². The lowest BCUT2D eigenvalue weighted by Gasteiger charge is -2.22. The van der Waals surface area contributed by atoms with Gasteiger partial charge in [-0.2, -0.15) is 5.21 Å². The van der Waals surface area contributed by atoms with Gasteiger partial charge < -0.3 is 10.2 Å². The van der Waals surface area contributed by atoms with E-state index in [1.807, 2.05) is 24.3 Å². The van der Waals surface area contributed by atoms with Gasteiger partial charge in [0.05, 0.1) is 6.54 Å². The van der Waals surface area contributed by atoms with Gasteiger partial charge in [-0.05, 0) is 37.5 Å². The molecular formula is C19H28N6O2. The maximum absolute atomic E-state index is 12.2. The van der Waals surface area contributed by atoms with Gasteiger partial charge in [-0.1, -0.05) is 30.7 Å². The number of aromatic nitrogens is 4. The summed E-state index contributed by atoms with van der Waals surface area (Å²) in [7, 11) is 3.46. The fourth-order valence-electron chi connectivity index (χ4n) is 3.09. The van der Waals surface area contributed by atoms with Gasteiger partial charge in [0, 0.05) is 31.6 Å². The van der Waals surface area contributed by atoms with Gasteiger partial charge in [0.15, 0.2) is 5.82 Å². The molecule has 2 N–H and O–H groups in total. The maximum Gasteiger partial charge on any atom is 0.241 e. The van der Waals surface area contributed by atoms with Crippen molar-refractivity contribution < 1.29 is 9.59 Å². The minimum absolute atomic E-state index is 0.0140. The van der Waals surface area contributed by atoms with Crippen LogP contribution in [0, 0.1) is 5.92 Å². The zero-order chi connectivity index (χ0) is 19.8. The Labute approximate surface area is 159 Å². The maximum atomic E-state index is 12.2. The second-order valence-corrected chi connectivity index (χ2v) is 6.93. The number of amides is 1. The number of anilines is 1. The predicted octanol–water partition coefficient (Wildman–Crippen LogP) is 2.03. The molecule has 146 valence electrons. The number of Topliss-reactive ketones (excluding diaryl/α,β-unsaturated/α-hetero) is 1. The first-order chi connectivity index (χ1) is 12.9. The molecule has 0 aliphatic heterocycles. The molecule has 1 heterocycles. The third-order valence-corrected chi connectivity index (χ3v) is 4.65. The fraction of sp³-hybridized carbons (Fsp3) is 0.526. The number of nitrogens with one attached hydrogen (secondary N) is 2. The molecule has 0 saturated heterocycles. The van der Waals surface area contributed by atoms with Crippen LogP contribution in [0.25, 0.3) is 0 Å². The molecule has 0 saturated carbocycles. The first-order valence-corrected chi connectivity index (χ1v) is 9.19. The van der Waals surface area contributed by atoms with Gasteiger partial charge in [0.1, 0.15) is 5.78 Å². The van der Waals surface area contributed by atoms with Crippen LogP contribution in [0.15, 0.2) is 24.3 Å². The number of nitrogens with zero attached hydrogens (tertiary/aromatic N) is 4. The Morgan fingerprint density at radius 3 is 2.44 bits per heavy atom. The molecule has 0 bridgehead atoms. The summed E-state index contributed by atoms with van der Waals surface area (Å²) in [4.78, 5) is 25.4. The number of tetrazole rings is 1. The van der Waals surface area contributed by atoms with Crippen LogP contribution < -0.4 is 5.32 Å². The molecule has 0 spiro atoms. The summed E-state index contributed by atoms with van der Waals surface area (Å²) in [6.45, 7) is 3.95. The van der Waals surface area contributed by atoms with Gasteiger partial charge >= 0.3 is 0 Å². The van der Waals surface area contributed by atoms with Crippen molar-refractivity contribution in [2.75, 3.05) is 26.0 Å². The number of hydrogen-bond acceptors (Lipinski definition) is 6. The lowest BCUT2D eigenvalue weighted by Crippen LogP contribution is -2.28. The van der Waals surface area contributed by atoms with Crippen LogP contribution in [-0.2, 0) is 16.0 Å². The highest BCUT2D eigenvalue weighted by Gasteiger charge is 2.29. The number of H-pyrrole nitrogens is 1. The van der Waals surface area contributed by atoms with Gasteiger partial charge in [0.2, 0.25) is 5.91 Å². The van der Waals surface area contributed by atoms with Crippen LogP contribution in [-0.4, -0.2) is 57.9 Å². The summed E-state index contributed by atoms with van der Waals surface area (Å²) in [6, 6.07) is 7.87. The van der Waals surface area contributed by atoms with Crippen molar-refractivity contribution in [1.29, 1.82) is 0 Å². The molecule has 8 nitrogen and oxygen atoms in total. The van der Waals surface area contributed by atoms with Crippen molar-refractivity contribution in [3.05, 3.63) is 35.7 Å². The molecule has 0 fully saturated rings. The molecule has 27 heavy (non-hydrogen) atoms. The summed E-state index contributed by atoms with van der Waals surface area (Å²) in [5, 5.41) is 17.5. The second-order valence-electron chi connectivity index (χ2n) is 6.93. The van der Waals surface area contributed by atoms with E-state index in [9.17, 15) is 9.59 Å². The quantitative estimate of drug-likeness (QED) is 0.661. The van der Waals surface area contributed by atoms with E-state index in [-0.39, 0.29) is 30.1 Å². The molecule has 2 rings (SSSR count). The summed E-state index contributed by atoms with van der Waals surface area (Å²) in [5.74, 6) is 0.480. The standard InChI is InChI=1S/C19H28N6O2/c1-5-6-16(13(2)26)17(19-21-23-24-22-19)11-14-7-9-15(10-8-14)20-12-18(27)25(3)4/h7-10,16-17,20H,5-6,11-12H2,1-4H3,(H,21,22,23,24)/t16-,17+/m1/s1. The van der Waals surface area contributed by atoms with Crippen molar-refractivity contribution >= 4 is 17.4 Å². The Morgan fingerprint density at radius 1 is 1.22 bits per heavy atom. The van der Waals surface area contributed by atoms with Gasteiger partial charge in [-0.3, -0.25) is 9.59 Å². The zero-order valence-electron chi connectivity index (χ0n) is 16.4. The van der Waals surface area contributed by atoms with Crippen LogP contribution in [0.5, 0.6) is 0 Å². The average molecular weight is 372 g/mol. The van der Waals surface area contributed by atoms with Crippen molar-refractivity contribution in [3.63, 3.8) is 0 Å². The second kappa shape index (κ2) is 9.80. The Kier molecular flexibility index (Phi) is 7.45. The van der Waals surface area contributed by atoms with Gasteiger partial charge in [0.25, 0.3) is 0 Å². The van der Waals surface area contributed by atoms with E-state index in [0.717, 1.165) is 24.1 Å². The van der Waals surface area contributed by atoms with E-state index in [2.05, 4.69) is 32.9 Å². The van der Waals surface area contributed by atoms with Crippen molar-refractivity contribution in [2.45, 2.75) is 39.0 Å². The summed E-state index contributed by atoms with van der Waals surface area (Å²) >= 11 is 0. The van der Waals surface area contributed by atoms with Crippen LogP contribution in [0.4, 0.5) is 5.69 Å². The lowest BCUT2D eigenvalue weighted by atomic mass is 9.81. The molecule has 0 radical (unpaired) electrons. The number of aromatic amines is 1. The predicted molar refractivity (Wildman–Crippen MR) is 103 cm³/mol. The summed E-state index contributed by atoms with van der Waals surface area (Å²) < 4.78 is 0. The SMILES string of the molecule is CCC[C@H](C(C)=O)[C@H](Cc1ccc(NCC(=O)N(C)C)cc1)c1nn[nH]n1. The molecule has 8 heteroatoms. The van der Waals surface area contributed by atoms with Gasteiger partial charge in [-0.25, -0.2) is 0 Å². The molecular weight excluding hydrogens is 344 g/mol. The Morgan fingerprint density at radius 2 is 1.93 bits per heavy atom. The molecule has 0 unspecified atom stereocenters. The molecule has 2 aromatic rings. The molecule has 2 atom stereocenters. The van der Waals surface area contributed by atoms with Crippen LogP contribution in [0.1, 0.15) is 44.0 Å². The monoisotopic (exact) mass is 372 g/mol. The highest BCUT2D eigenvalue weighted by molar-refractivity contribution is 5.80. The van der Waals surface area contributed by atoms with E-state index < -0.39 is 0 Å². The fourth-order valence-corrected chi connectivity index (χ4v) is 3.09. The Balaban J connectivity index is 2.11. The first kappa shape index (κ1) is 20.5. The minimum atomic E-state index is -0.136. The topological polar surface area (TPSA) is 104 Å². The average Bonchev–Trinajstić information content (AvgIpc) is 3.17. The molecule has 1 aromatic heterocycles. The third-order valence-electron chi connectivity index (χ3n) is 4.65. The van der Waals surface area contributed by atoms with E-state index in [0.29, 0.717) is 12.2 Å². The number of likely N-dealkylation sites (N-methyl/N-ethyl adjacent to an activating group) is 1. The number of rotatable bonds is 10. The third kappa shape index (κ3) is 5.87. The van der Waals surface area contributed by atoms with Crippen molar-refractivity contribution in [1.82, 2.24) is 25.5 Å². The molecule has 1 aromatic carbocycles. The van der Waals surface area contributed by atoms with E-state index in [4.69, 9.17) is 0 Å². The lowest BCUT2D eigenvalue weighted by molar-refractivity contribution is -0.126. The van der Waals surface area contributed by atoms with Crippen molar-refractivity contribution in [2.24, 2.45) is 5.92 Å². The van der Waals surface area contributed by atoms with E-state index >= 15 is 0 Å². The summed E-state index contributed by atoms with van der Waals surface area (Å²) in [5.41, 5.74) is 1.96. The molecule has 1 amide bonds. The normalized spacial score (nSPS) is 13.0. The highest BCUT2D eigenvalue weighted by Crippen LogP contribution is 2.30. The Bertz CT molecular complexity index is 727. The van der Waals surface area contributed by atoms with Crippen molar-refractivity contribution in [3.8, 4) is 0 Å². The summed E-state index contributed by atoms with van der Waals surface area (Å²) in [6.07, 6.45) is 2.36. The molecule has 0 aliphatic carbocycles. The minimum Gasteiger partial charge on any atom is -0.376 e. The number of carbonyl (C=O) groups is 2. The largest absolute Gasteiger partial charge is 0.376 e. The van der Waals surface area contributed by atoms with E-state index in [1.165, 1.54) is 0 Å². The highest BCUT2D eigenvalue weighted by atomic mass is 16.2. The number of ketones is 1. The number of carbonyl (C=O) groups excluding carboxylic acids is 2. The Hall–Kier alpha value is -2.77. The van der Waals surface area contributed by atoms with Crippen LogP contribution >= 0.6 is 0 Å². The first-order valence-electron chi connectivity index (χ1n) is 9.19.